The van der Waals surface area contributed by atoms with Crippen molar-refractivity contribution in [3.63, 3.8) is 0 Å². The number of rotatable bonds is 4. The normalized spacial score (nSPS) is 17.7. The van der Waals surface area contributed by atoms with E-state index in [1.807, 2.05) is 0 Å². The molecule has 0 unspecified atom stereocenters. The van der Waals surface area contributed by atoms with Gasteiger partial charge in [-0.1, -0.05) is 13.8 Å². The van der Waals surface area contributed by atoms with E-state index in [9.17, 15) is 19.7 Å². The number of hydrogen-bond acceptors (Lipinski definition) is 5. The summed E-state index contributed by atoms with van der Waals surface area (Å²) in [7, 11) is 1.20. The molecule has 7 heteroatoms. The minimum Gasteiger partial charge on any atom is -0.465 e. The Morgan fingerprint density at radius 2 is 2.04 bits per heavy atom. The van der Waals surface area contributed by atoms with Crippen LogP contribution in [0.2, 0.25) is 0 Å². The first-order valence-electron chi connectivity index (χ1n) is 7.71. The zero-order chi connectivity index (χ0) is 17.2. The van der Waals surface area contributed by atoms with Crippen molar-refractivity contribution in [3.8, 4) is 0 Å². The van der Waals surface area contributed by atoms with Crippen LogP contribution in [0.15, 0.2) is 17.1 Å². The van der Waals surface area contributed by atoms with E-state index in [4.69, 9.17) is 0 Å². The molecule has 0 aliphatic heterocycles. The molecule has 0 atom stereocenters. The second-order valence-electron chi connectivity index (χ2n) is 6.93. The number of ether oxygens (including phenoxy) is 1. The molecule has 2 rings (SSSR count). The van der Waals surface area contributed by atoms with E-state index in [0.29, 0.717) is 12.0 Å². The lowest BCUT2D eigenvalue weighted by atomic mass is 9.73. The molecule has 1 aromatic rings. The highest BCUT2D eigenvalue weighted by Gasteiger charge is 2.28. The maximum atomic E-state index is 12.2. The molecule has 0 spiro atoms. The third-order valence-electron chi connectivity index (χ3n) is 4.60. The SMILES string of the molecule is COC(=O)c1cc([N+](=O)[O-])c(=O)n(CC2CCC(C)(C)CC2)c1. The van der Waals surface area contributed by atoms with Gasteiger partial charge in [-0.05, 0) is 37.0 Å². The summed E-state index contributed by atoms with van der Waals surface area (Å²) >= 11 is 0. The molecule has 0 amide bonds. The van der Waals surface area contributed by atoms with E-state index in [-0.39, 0.29) is 11.5 Å². The second-order valence-corrected chi connectivity index (χ2v) is 6.93. The van der Waals surface area contributed by atoms with Crippen LogP contribution in [0.4, 0.5) is 5.69 Å². The van der Waals surface area contributed by atoms with Crippen molar-refractivity contribution in [3.05, 3.63) is 38.3 Å². The first-order valence-corrected chi connectivity index (χ1v) is 7.71. The van der Waals surface area contributed by atoms with Gasteiger partial charge in [-0.15, -0.1) is 0 Å². The summed E-state index contributed by atoms with van der Waals surface area (Å²) in [6.07, 6.45) is 5.42. The first-order chi connectivity index (χ1) is 10.7. The summed E-state index contributed by atoms with van der Waals surface area (Å²) in [5.74, 6) is -0.403. The Balaban J connectivity index is 2.30. The molecule has 0 saturated heterocycles. The largest absolute Gasteiger partial charge is 0.465 e. The predicted octanol–water partition coefficient (Wildman–Crippen LogP) is 2.76. The second kappa shape index (κ2) is 6.52. The van der Waals surface area contributed by atoms with Crippen molar-refractivity contribution in [1.29, 1.82) is 0 Å². The van der Waals surface area contributed by atoms with Crippen LogP contribution in [0, 0.1) is 21.4 Å². The van der Waals surface area contributed by atoms with Gasteiger partial charge in [0.25, 0.3) is 0 Å². The minimum absolute atomic E-state index is 0.0231. The summed E-state index contributed by atoms with van der Waals surface area (Å²) in [5.41, 5.74) is -0.937. The zero-order valence-electron chi connectivity index (χ0n) is 13.7. The smallest absolute Gasteiger partial charge is 0.339 e. The van der Waals surface area contributed by atoms with Gasteiger partial charge in [0.2, 0.25) is 0 Å². The summed E-state index contributed by atoms with van der Waals surface area (Å²) < 4.78 is 5.89. The highest BCUT2D eigenvalue weighted by atomic mass is 16.6. The lowest BCUT2D eigenvalue weighted by Crippen LogP contribution is -2.30. The maximum Gasteiger partial charge on any atom is 0.339 e. The number of pyridine rings is 1. The fourth-order valence-corrected chi connectivity index (χ4v) is 3.04. The molecule has 0 aromatic carbocycles. The van der Waals surface area contributed by atoms with Crippen LogP contribution in [-0.2, 0) is 11.3 Å². The molecule has 126 valence electrons. The number of methoxy groups -OCH3 is 1. The van der Waals surface area contributed by atoms with E-state index in [1.165, 1.54) is 17.9 Å². The van der Waals surface area contributed by atoms with Crippen LogP contribution in [-0.4, -0.2) is 22.6 Å². The van der Waals surface area contributed by atoms with Gasteiger partial charge in [-0.3, -0.25) is 14.9 Å². The van der Waals surface area contributed by atoms with Gasteiger partial charge in [-0.2, -0.15) is 0 Å². The van der Waals surface area contributed by atoms with Crippen molar-refractivity contribution >= 4 is 11.7 Å². The molecule has 1 saturated carbocycles. The predicted molar refractivity (Wildman–Crippen MR) is 84.4 cm³/mol. The molecule has 0 N–H and O–H groups in total. The molecule has 1 fully saturated rings. The Kier molecular flexibility index (Phi) is 4.87. The van der Waals surface area contributed by atoms with Crippen molar-refractivity contribution < 1.29 is 14.5 Å². The summed E-state index contributed by atoms with van der Waals surface area (Å²) in [6.45, 7) is 4.83. The van der Waals surface area contributed by atoms with E-state index < -0.39 is 22.1 Å². The van der Waals surface area contributed by atoms with Crippen molar-refractivity contribution in [2.45, 2.75) is 46.1 Å². The van der Waals surface area contributed by atoms with Crippen molar-refractivity contribution in [2.75, 3.05) is 7.11 Å². The number of esters is 1. The zero-order valence-corrected chi connectivity index (χ0v) is 13.7. The number of hydrogen-bond donors (Lipinski definition) is 0. The molecule has 0 bridgehead atoms. The Morgan fingerprint density at radius 3 is 2.57 bits per heavy atom. The fraction of sp³-hybridized carbons (Fsp3) is 0.625. The van der Waals surface area contributed by atoms with Gasteiger partial charge in [0.05, 0.1) is 17.6 Å². The lowest BCUT2D eigenvalue weighted by Gasteiger charge is -2.34. The van der Waals surface area contributed by atoms with Crippen LogP contribution in [0.3, 0.4) is 0 Å². The summed E-state index contributed by atoms with van der Waals surface area (Å²) in [5, 5.41) is 11.1. The highest BCUT2D eigenvalue weighted by Crippen LogP contribution is 2.38. The molecule has 0 radical (unpaired) electrons. The van der Waals surface area contributed by atoms with Gasteiger partial charge in [0.1, 0.15) is 0 Å². The van der Waals surface area contributed by atoms with Crippen molar-refractivity contribution in [1.82, 2.24) is 4.57 Å². The fourth-order valence-electron chi connectivity index (χ4n) is 3.04. The van der Waals surface area contributed by atoms with Crippen LogP contribution in [0.5, 0.6) is 0 Å². The molecule has 1 aromatic heterocycles. The number of carbonyl (C=O) groups is 1. The monoisotopic (exact) mass is 322 g/mol. The topological polar surface area (TPSA) is 91.4 Å². The quantitative estimate of drug-likeness (QED) is 0.483. The van der Waals surface area contributed by atoms with E-state index in [1.54, 1.807) is 0 Å². The number of carbonyl (C=O) groups excluding carboxylic acids is 1. The Bertz CT molecular complexity index is 668. The summed E-state index contributed by atoms with van der Waals surface area (Å²) in [6, 6.07) is 0.981. The number of aromatic nitrogens is 1. The van der Waals surface area contributed by atoms with Gasteiger partial charge in [-0.25, -0.2) is 4.79 Å². The summed E-state index contributed by atoms with van der Waals surface area (Å²) in [4.78, 5) is 34.2. The lowest BCUT2D eigenvalue weighted by molar-refractivity contribution is -0.386. The first kappa shape index (κ1) is 17.2. The Morgan fingerprint density at radius 1 is 1.43 bits per heavy atom. The Labute approximate surface area is 134 Å². The average Bonchev–Trinajstić information content (AvgIpc) is 2.50. The van der Waals surface area contributed by atoms with Gasteiger partial charge < -0.3 is 9.30 Å². The molecule has 1 aliphatic carbocycles. The van der Waals surface area contributed by atoms with Gasteiger partial charge in [0.15, 0.2) is 0 Å². The third kappa shape index (κ3) is 3.97. The van der Waals surface area contributed by atoms with Crippen LogP contribution < -0.4 is 5.56 Å². The molecular weight excluding hydrogens is 300 g/mol. The minimum atomic E-state index is -0.755. The molecule has 23 heavy (non-hydrogen) atoms. The highest BCUT2D eigenvalue weighted by molar-refractivity contribution is 5.89. The van der Waals surface area contributed by atoms with Crippen molar-refractivity contribution in [2.24, 2.45) is 11.3 Å². The van der Waals surface area contributed by atoms with E-state index in [0.717, 1.165) is 31.7 Å². The van der Waals surface area contributed by atoms with Crippen LogP contribution in [0.1, 0.15) is 49.9 Å². The molecule has 7 nitrogen and oxygen atoms in total. The molecular formula is C16H22N2O5. The average molecular weight is 322 g/mol. The molecule has 1 heterocycles. The molecule has 1 aliphatic rings. The number of nitrogens with zero attached hydrogens (tertiary/aromatic N) is 2. The van der Waals surface area contributed by atoms with Crippen LogP contribution >= 0.6 is 0 Å². The maximum absolute atomic E-state index is 12.2. The van der Waals surface area contributed by atoms with Gasteiger partial charge in [0, 0.05) is 18.8 Å². The van der Waals surface area contributed by atoms with Crippen LogP contribution in [0.25, 0.3) is 0 Å². The van der Waals surface area contributed by atoms with E-state index in [2.05, 4.69) is 18.6 Å². The third-order valence-corrected chi connectivity index (χ3v) is 4.60. The van der Waals surface area contributed by atoms with Gasteiger partial charge >= 0.3 is 17.2 Å². The standard InChI is InChI=1S/C16H22N2O5/c1-16(2)6-4-11(5-7-16)9-17-10-12(15(20)23-3)8-13(14(17)19)18(21)22/h8,10-11H,4-7,9H2,1-3H3. The number of nitro groups is 1. The van der Waals surface area contributed by atoms with E-state index >= 15 is 0 Å². The Hall–Kier alpha value is -2.18.